The van der Waals surface area contributed by atoms with Gasteiger partial charge < -0.3 is 14.6 Å². The maximum absolute atomic E-state index is 12.7. The van der Waals surface area contributed by atoms with Gasteiger partial charge in [-0.05, 0) is 37.8 Å². The minimum Gasteiger partial charge on any atom is -0.371 e. The quantitative estimate of drug-likeness (QED) is 0.878. The summed E-state index contributed by atoms with van der Waals surface area (Å²) in [5.41, 5.74) is -0.103. The van der Waals surface area contributed by atoms with Gasteiger partial charge in [0, 0.05) is 19.0 Å². The highest BCUT2D eigenvalue weighted by Crippen LogP contribution is 2.38. The van der Waals surface area contributed by atoms with Crippen molar-refractivity contribution in [2.45, 2.75) is 63.0 Å². The Morgan fingerprint density at radius 2 is 2.04 bits per heavy atom. The smallest absolute Gasteiger partial charge is 0.228 e. The lowest BCUT2D eigenvalue weighted by molar-refractivity contribution is -0.118. The van der Waals surface area contributed by atoms with Gasteiger partial charge in [0.05, 0.1) is 12.0 Å². The van der Waals surface area contributed by atoms with Crippen molar-refractivity contribution in [3.05, 3.63) is 29.5 Å². The molecule has 134 valence electrons. The van der Waals surface area contributed by atoms with Gasteiger partial charge in [-0.3, -0.25) is 4.79 Å². The number of hydrogen-bond donors (Lipinski definition) is 1. The van der Waals surface area contributed by atoms with Crippen molar-refractivity contribution in [1.29, 1.82) is 0 Å². The van der Waals surface area contributed by atoms with Gasteiger partial charge in [-0.25, -0.2) is 0 Å². The van der Waals surface area contributed by atoms with Gasteiger partial charge in [0.2, 0.25) is 11.0 Å². The molecule has 1 aliphatic heterocycles. The molecule has 1 saturated carbocycles. The van der Waals surface area contributed by atoms with Crippen LogP contribution in [-0.2, 0) is 15.1 Å². The number of carbonyl (C=O) groups is 1. The summed E-state index contributed by atoms with van der Waals surface area (Å²) in [5.74, 6) is 0.0191. The van der Waals surface area contributed by atoms with Crippen LogP contribution in [0.5, 0.6) is 0 Å². The van der Waals surface area contributed by atoms with E-state index in [0.29, 0.717) is 11.6 Å². The molecule has 0 aromatic carbocycles. The Hall–Kier alpha value is -1.73. The number of carbonyl (C=O) groups excluding carboxylic acids is 1. The first-order chi connectivity index (χ1) is 12.3. The molecule has 0 radical (unpaired) electrons. The SMILES string of the molecule is O=C(CC1(n2cccc2)CCCCC1)Nc1nnc([C@@H]2CCCO2)s1. The molecule has 25 heavy (non-hydrogen) atoms. The molecule has 1 amide bonds. The molecule has 0 unspecified atom stereocenters. The molecular weight excluding hydrogens is 336 g/mol. The van der Waals surface area contributed by atoms with Crippen LogP contribution in [-0.4, -0.2) is 27.3 Å². The monoisotopic (exact) mass is 360 g/mol. The Bertz CT molecular complexity index is 700. The molecule has 2 aromatic rings. The highest BCUT2D eigenvalue weighted by atomic mass is 32.1. The van der Waals surface area contributed by atoms with Crippen molar-refractivity contribution in [1.82, 2.24) is 14.8 Å². The fraction of sp³-hybridized carbons (Fsp3) is 0.611. The van der Waals surface area contributed by atoms with Gasteiger partial charge in [0.1, 0.15) is 11.1 Å². The van der Waals surface area contributed by atoms with Crippen molar-refractivity contribution in [2.75, 3.05) is 11.9 Å². The minimum absolute atomic E-state index is 0.0191. The molecule has 1 atom stereocenters. The van der Waals surface area contributed by atoms with Crippen molar-refractivity contribution in [2.24, 2.45) is 0 Å². The molecule has 1 saturated heterocycles. The summed E-state index contributed by atoms with van der Waals surface area (Å²) in [6.07, 6.45) is 12.4. The Balaban J connectivity index is 1.43. The summed E-state index contributed by atoms with van der Waals surface area (Å²) < 4.78 is 7.86. The van der Waals surface area contributed by atoms with Crippen LogP contribution in [0.25, 0.3) is 0 Å². The van der Waals surface area contributed by atoms with Gasteiger partial charge >= 0.3 is 0 Å². The van der Waals surface area contributed by atoms with E-state index >= 15 is 0 Å². The van der Waals surface area contributed by atoms with Gasteiger partial charge in [-0.15, -0.1) is 10.2 Å². The third-order valence-electron chi connectivity index (χ3n) is 5.32. The zero-order chi connectivity index (χ0) is 17.1. The van der Waals surface area contributed by atoms with E-state index < -0.39 is 0 Å². The Labute approximate surface area is 151 Å². The summed E-state index contributed by atoms with van der Waals surface area (Å²) in [6.45, 7) is 0.783. The van der Waals surface area contributed by atoms with E-state index in [9.17, 15) is 4.79 Å². The van der Waals surface area contributed by atoms with E-state index in [2.05, 4.69) is 32.5 Å². The van der Waals surface area contributed by atoms with E-state index in [4.69, 9.17) is 4.74 Å². The Morgan fingerprint density at radius 1 is 1.24 bits per heavy atom. The third kappa shape index (κ3) is 3.62. The van der Waals surface area contributed by atoms with Gasteiger partial charge in [0.15, 0.2) is 0 Å². The van der Waals surface area contributed by atoms with Crippen LogP contribution in [0.3, 0.4) is 0 Å². The molecule has 2 aromatic heterocycles. The lowest BCUT2D eigenvalue weighted by atomic mass is 9.79. The van der Waals surface area contributed by atoms with E-state index in [-0.39, 0.29) is 17.6 Å². The molecule has 1 aliphatic carbocycles. The van der Waals surface area contributed by atoms with Crippen molar-refractivity contribution < 1.29 is 9.53 Å². The normalized spacial score (nSPS) is 22.8. The maximum Gasteiger partial charge on any atom is 0.228 e. The largest absolute Gasteiger partial charge is 0.371 e. The highest BCUT2D eigenvalue weighted by molar-refractivity contribution is 7.15. The standard InChI is InChI=1S/C18H24N4O2S/c23-15(19-17-21-20-16(25-17)14-7-6-12-24-14)13-18(8-2-1-3-9-18)22-10-4-5-11-22/h4-5,10-11,14H,1-3,6-9,12-13H2,(H,19,21,23)/t14-/m0/s1. The van der Waals surface area contributed by atoms with Crippen LogP contribution in [0.4, 0.5) is 5.13 Å². The van der Waals surface area contributed by atoms with E-state index in [0.717, 1.165) is 37.3 Å². The van der Waals surface area contributed by atoms with E-state index in [1.54, 1.807) is 0 Å². The predicted molar refractivity (Wildman–Crippen MR) is 96.6 cm³/mol. The van der Waals surface area contributed by atoms with Crippen molar-refractivity contribution >= 4 is 22.4 Å². The van der Waals surface area contributed by atoms with Gasteiger partial charge in [-0.1, -0.05) is 30.6 Å². The van der Waals surface area contributed by atoms with Crippen LogP contribution in [0.15, 0.2) is 24.5 Å². The molecule has 2 fully saturated rings. The Kier molecular flexibility index (Phi) is 4.85. The van der Waals surface area contributed by atoms with Gasteiger partial charge in [-0.2, -0.15) is 0 Å². The first-order valence-corrected chi connectivity index (χ1v) is 9.95. The number of anilines is 1. The number of amides is 1. The number of nitrogens with zero attached hydrogens (tertiary/aromatic N) is 3. The molecule has 1 N–H and O–H groups in total. The summed E-state index contributed by atoms with van der Waals surface area (Å²) in [5, 5.41) is 12.7. The van der Waals surface area contributed by atoms with Crippen LogP contribution in [0, 0.1) is 0 Å². The van der Waals surface area contributed by atoms with E-state index in [1.165, 1.54) is 30.6 Å². The molecule has 4 rings (SSSR count). The van der Waals surface area contributed by atoms with Crippen LogP contribution in [0.2, 0.25) is 0 Å². The minimum atomic E-state index is -0.103. The molecule has 0 spiro atoms. The molecule has 2 aliphatic rings. The first kappa shape index (κ1) is 16.7. The fourth-order valence-corrected chi connectivity index (χ4v) is 4.88. The predicted octanol–water partition coefficient (Wildman–Crippen LogP) is 3.88. The molecule has 3 heterocycles. The number of ether oxygens (including phenoxy) is 1. The average Bonchev–Trinajstić information content (AvgIpc) is 3.37. The fourth-order valence-electron chi connectivity index (χ4n) is 4.04. The summed E-state index contributed by atoms with van der Waals surface area (Å²) in [4.78, 5) is 12.7. The topological polar surface area (TPSA) is 69.0 Å². The highest BCUT2D eigenvalue weighted by Gasteiger charge is 2.35. The Morgan fingerprint density at radius 3 is 2.76 bits per heavy atom. The second-order valence-electron chi connectivity index (χ2n) is 7.05. The number of hydrogen-bond acceptors (Lipinski definition) is 5. The maximum atomic E-state index is 12.7. The van der Waals surface area contributed by atoms with Gasteiger partial charge in [0.25, 0.3) is 0 Å². The second kappa shape index (κ2) is 7.25. The molecule has 0 bridgehead atoms. The number of aromatic nitrogens is 3. The van der Waals surface area contributed by atoms with E-state index in [1.807, 2.05) is 12.1 Å². The lowest BCUT2D eigenvalue weighted by Crippen LogP contribution is -2.38. The van der Waals surface area contributed by atoms with Crippen LogP contribution < -0.4 is 5.32 Å². The molecule has 7 heteroatoms. The number of nitrogens with one attached hydrogen (secondary N) is 1. The third-order valence-corrected chi connectivity index (χ3v) is 6.25. The van der Waals surface area contributed by atoms with Crippen molar-refractivity contribution in [3.63, 3.8) is 0 Å². The summed E-state index contributed by atoms with van der Waals surface area (Å²) in [6, 6.07) is 4.07. The summed E-state index contributed by atoms with van der Waals surface area (Å²) in [7, 11) is 0. The second-order valence-corrected chi connectivity index (χ2v) is 8.06. The average molecular weight is 360 g/mol. The van der Waals surface area contributed by atoms with Crippen LogP contribution in [0.1, 0.15) is 62.5 Å². The summed E-state index contributed by atoms with van der Waals surface area (Å²) >= 11 is 1.43. The zero-order valence-electron chi connectivity index (χ0n) is 14.3. The number of rotatable bonds is 5. The lowest BCUT2D eigenvalue weighted by Gasteiger charge is -2.38. The first-order valence-electron chi connectivity index (χ1n) is 9.14. The van der Waals surface area contributed by atoms with Crippen LogP contribution >= 0.6 is 11.3 Å². The molecular formula is C18H24N4O2S. The van der Waals surface area contributed by atoms with Crippen molar-refractivity contribution in [3.8, 4) is 0 Å². The zero-order valence-corrected chi connectivity index (χ0v) is 15.1. The molecule has 6 nitrogen and oxygen atoms in total.